The van der Waals surface area contributed by atoms with E-state index < -0.39 is 11.0 Å². The summed E-state index contributed by atoms with van der Waals surface area (Å²) in [5.41, 5.74) is 0. The number of ether oxygens (including phenoxy) is 1. The number of hydrogen-bond donors (Lipinski definition) is 1. The summed E-state index contributed by atoms with van der Waals surface area (Å²) in [6.07, 6.45) is 4.10. The predicted octanol–water partition coefficient (Wildman–Crippen LogP) is 0.953. The molecule has 0 aromatic rings. The summed E-state index contributed by atoms with van der Waals surface area (Å²) in [5.74, 6) is -0.154. The molecule has 0 bridgehead atoms. The first kappa shape index (κ1) is 11.1. The third kappa shape index (κ3) is 3.08. The minimum Gasteiger partial charge on any atom is -0.393 e. The number of aliphatic hydroxyl groups excluding tert-OH is 1. The molecule has 0 aliphatic heterocycles. The fourth-order valence-corrected chi connectivity index (χ4v) is 1.75. The molecule has 5 heteroatoms. The van der Waals surface area contributed by atoms with Crippen LogP contribution in [0.2, 0.25) is 0 Å². The smallest absolute Gasteiger partial charge is 0.230 e. The molecule has 1 N–H and O–H groups in total. The van der Waals surface area contributed by atoms with E-state index in [0.717, 1.165) is 12.6 Å². The zero-order chi connectivity index (χ0) is 10.6. The van der Waals surface area contributed by atoms with Crippen LogP contribution in [-0.2, 0) is 4.74 Å². The lowest BCUT2D eigenvalue weighted by Gasteiger charge is -2.30. The Morgan fingerprint density at radius 3 is 2.86 bits per heavy atom. The maximum absolute atomic E-state index is 10.1. The Labute approximate surface area is 82.5 Å². The molecule has 80 valence electrons. The van der Waals surface area contributed by atoms with Crippen LogP contribution in [0.4, 0.5) is 0 Å². The highest BCUT2D eigenvalue weighted by Gasteiger charge is 2.27. The van der Waals surface area contributed by atoms with Crippen molar-refractivity contribution in [3.63, 3.8) is 0 Å². The molecule has 1 aliphatic rings. The summed E-state index contributed by atoms with van der Waals surface area (Å²) in [4.78, 5) is 9.59. The quantitative estimate of drug-likeness (QED) is 0.545. The number of aliphatic hydroxyl groups is 1. The fourth-order valence-electron chi connectivity index (χ4n) is 1.75. The van der Waals surface area contributed by atoms with Gasteiger partial charge in [0.2, 0.25) is 6.20 Å². The number of rotatable bonds is 3. The van der Waals surface area contributed by atoms with Crippen molar-refractivity contribution >= 4 is 0 Å². The van der Waals surface area contributed by atoms with Crippen LogP contribution in [0.25, 0.3) is 0 Å². The Morgan fingerprint density at radius 1 is 1.57 bits per heavy atom. The van der Waals surface area contributed by atoms with Gasteiger partial charge in [0.1, 0.15) is 0 Å². The Hall–Kier alpha value is -0.940. The highest BCUT2D eigenvalue weighted by Crippen LogP contribution is 2.27. The fraction of sp³-hybridized carbons (Fsp3) is 0.778. The lowest BCUT2D eigenvalue weighted by Crippen LogP contribution is -2.31. The molecule has 0 saturated heterocycles. The summed E-state index contributed by atoms with van der Waals surface area (Å²) in [6.45, 7) is 0. The molecule has 1 rings (SSSR count). The van der Waals surface area contributed by atoms with Crippen LogP contribution in [0.15, 0.2) is 12.3 Å². The summed E-state index contributed by atoms with van der Waals surface area (Å²) < 4.78 is 5.16. The van der Waals surface area contributed by atoms with Gasteiger partial charge in [-0.2, -0.15) is 0 Å². The standard InChI is InChI=1S/C9H15NO4/c1-14-8-2-3-9(11)7(6-8)4-5-10(12)13/h4-5,7-9,11H,2-3,6H2,1H3/b5-4+/t7-,8+,9+/m1/s1. The molecule has 0 heterocycles. The molecule has 5 nitrogen and oxygen atoms in total. The molecule has 1 fully saturated rings. The van der Waals surface area contributed by atoms with E-state index in [1.165, 1.54) is 6.08 Å². The van der Waals surface area contributed by atoms with Gasteiger partial charge >= 0.3 is 0 Å². The van der Waals surface area contributed by atoms with Crippen LogP contribution in [0.3, 0.4) is 0 Å². The van der Waals surface area contributed by atoms with E-state index in [4.69, 9.17) is 4.74 Å². The van der Waals surface area contributed by atoms with Gasteiger partial charge in [-0.25, -0.2) is 0 Å². The van der Waals surface area contributed by atoms with Crippen molar-refractivity contribution < 1.29 is 14.8 Å². The zero-order valence-corrected chi connectivity index (χ0v) is 8.13. The molecule has 0 unspecified atom stereocenters. The summed E-state index contributed by atoms with van der Waals surface area (Å²) in [5, 5.41) is 19.7. The summed E-state index contributed by atoms with van der Waals surface area (Å²) in [7, 11) is 1.62. The van der Waals surface area contributed by atoms with Crippen molar-refractivity contribution in [2.75, 3.05) is 7.11 Å². The van der Waals surface area contributed by atoms with E-state index in [1.54, 1.807) is 7.11 Å². The van der Waals surface area contributed by atoms with Gasteiger partial charge in [0, 0.05) is 13.0 Å². The normalized spacial score (nSPS) is 33.4. The molecular formula is C9H15NO4. The lowest BCUT2D eigenvalue weighted by atomic mass is 9.84. The summed E-state index contributed by atoms with van der Waals surface area (Å²) in [6, 6.07) is 0. The minimum absolute atomic E-state index is 0.111. The van der Waals surface area contributed by atoms with Crippen LogP contribution in [0, 0.1) is 16.0 Å². The predicted molar refractivity (Wildman–Crippen MR) is 50.3 cm³/mol. The van der Waals surface area contributed by atoms with E-state index in [9.17, 15) is 15.2 Å². The Bertz CT molecular complexity index is 229. The molecule has 1 saturated carbocycles. The molecule has 0 radical (unpaired) electrons. The first-order valence-electron chi connectivity index (χ1n) is 4.66. The van der Waals surface area contributed by atoms with Gasteiger partial charge in [-0.3, -0.25) is 10.1 Å². The van der Waals surface area contributed by atoms with Crippen molar-refractivity contribution in [3.8, 4) is 0 Å². The van der Waals surface area contributed by atoms with Crippen molar-refractivity contribution in [1.82, 2.24) is 0 Å². The highest BCUT2D eigenvalue weighted by molar-refractivity contribution is 4.92. The van der Waals surface area contributed by atoms with Gasteiger partial charge in [0.15, 0.2) is 0 Å². The zero-order valence-electron chi connectivity index (χ0n) is 8.13. The van der Waals surface area contributed by atoms with Crippen LogP contribution in [-0.4, -0.2) is 29.3 Å². The Morgan fingerprint density at radius 2 is 2.29 bits per heavy atom. The van der Waals surface area contributed by atoms with E-state index in [-0.39, 0.29) is 12.0 Å². The van der Waals surface area contributed by atoms with Gasteiger partial charge in [-0.1, -0.05) is 0 Å². The molecule has 1 aliphatic carbocycles. The van der Waals surface area contributed by atoms with Crippen LogP contribution < -0.4 is 0 Å². The Balaban J connectivity index is 2.52. The van der Waals surface area contributed by atoms with Gasteiger partial charge in [0.05, 0.1) is 17.1 Å². The lowest BCUT2D eigenvalue weighted by molar-refractivity contribution is -0.403. The summed E-state index contributed by atoms with van der Waals surface area (Å²) >= 11 is 0. The van der Waals surface area contributed by atoms with E-state index in [1.807, 2.05) is 0 Å². The van der Waals surface area contributed by atoms with Gasteiger partial charge in [0.25, 0.3) is 0 Å². The number of hydrogen-bond acceptors (Lipinski definition) is 4. The second-order valence-corrected chi connectivity index (χ2v) is 3.53. The average molecular weight is 201 g/mol. The SMILES string of the molecule is CO[C@H]1CC[C@H](O)[C@H](/C=C/[N+](=O)[O-])C1. The second kappa shape index (κ2) is 5.07. The van der Waals surface area contributed by atoms with Gasteiger partial charge in [-0.05, 0) is 25.3 Å². The second-order valence-electron chi connectivity index (χ2n) is 3.53. The minimum atomic E-state index is -0.511. The first-order chi connectivity index (χ1) is 6.63. The van der Waals surface area contributed by atoms with Gasteiger partial charge in [-0.15, -0.1) is 0 Å². The monoisotopic (exact) mass is 201 g/mol. The van der Waals surface area contributed by atoms with Crippen molar-refractivity contribution in [2.45, 2.75) is 31.5 Å². The molecule has 0 amide bonds. The molecular weight excluding hydrogens is 186 g/mol. The van der Waals surface area contributed by atoms with Crippen LogP contribution in [0.5, 0.6) is 0 Å². The van der Waals surface area contributed by atoms with Crippen molar-refractivity contribution in [2.24, 2.45) is 5.92 Å². The largest absolute Gasteiger partial charge is 0.393 e. The topological polar surface area (TPSA) is 72.6 Å². The maximum atomic E-state index is 10.1. The molecule has 0 aromatic carbocycles. The molecule has 0 spiro atoms. The number of methoxy groups -OCH3 is 1. The van der Waals surface area contributed by atoms with Gasteiger partial charge < -0.3 is 9.84 Å². The van der Waals surface area contributed by atoms with E-state index in [2.05, 4.69) is 0 Å². The molecule has 14 heavy (non-hydrogen) atoms. The van der Waals surface area contributed by atoms with Crippen molar-refractivity contribution in [3.05, 3.63) is 22.4 Å². The third-order valence-corrected chi connectivity index (χ3v) is 2.60. The van der Waals surface area contributed by atoms with Crippen molar-refractivity contribution in [1.29, 1.82) is 0 Å². The van der Waals surface area contributed by atoms with E-state index in [0.29, 0.717) is 12.8 Å². The average Bonchev–Trinajstić information content (AvgIpc) is 2.16. The van der Waals surface area contributed by atoms with Crippen LogP contribution >= 0.6 is 0 Å². The number of nitrogens with zero attached hydrogens (tertiary/aromatic N) is 1. The van der Waals surface area contributed by atoms with E-state index >= 15 is 0 Å². The van der Waals surface area contributed by atoms with Crippen LogP contribution in [0.1, 0.15) is 19.3 Å². The molecule has 3 atom stereocenters. The highest BCUT2D eigenvalue weighted by atomic mass is 16.6. The third-order valence-electron chi connectivity index (χ3n) is 2.60. The number of nitro groups is 1. The Kier molecular flexibility index (Phi) is 4.03. The maximum Gasteiger partial charge on any atom is 0.230 e. The first-order valence-corrected chi connectivity index (χ1v) is 4.66. The molecule has 0 aromatic heterocycles.